The molecule has 0 amide bonds. The van der Waals surface area contributed by atoms with Gasteiger partial charge in [0.25, 0.3) is 0 Å². The second kappa shape index (κ2) is 6.16. The lowest BCUT2D eigenvalue weighted by Gasteiger charge is -2.16. The van der Waals surface area contributed by atoms with Crippen LogP contribution in [0.2, 0.25) is 0 Å². The Labute approximate surface area is 116 Å². The summed E-state index contributed by atoms with van der Waals surface area (Å²) in [6.45, 7) is 5.06. The smallest absolute Gasteiger partial charge is 0.173 e. The van der Waals surface area contributed by atoms with Crippen LogP contribution in [-0.4, -0.2) is 11.5 Å². The molecule has 2 aromatic heterocycles. The second-order valence-electron chi connectivity index (χ2n) is 4.29. The van der Waals surface area contributed by atoms with E-state index in [9.17, 15) is 0 Å². The Hall–Kier alpha value is -1.13. The molecular weight excluding hydrogens is 292 g/mol. The maximum atomic E-state index is 5.30. The topological polar surface area (TPSA) is 38.1 Å². The fraction of sp³-hybridized carbons (Fsp3) is 0.357. The summed E-state index contributed by atoms with van der Waals surface area (Å²) in [4.78, 5) is 4.45. The second-order valence-corrected chi connectivity index (χ2v) is 5.01. The SMILES string of the molecule is CCNC(Cc1ccc(C)cn1)c1ccoc1Br. The maximum absolute atomic E-state index is 5.30. The van der Waals surface area contributed by atoms with Gasteiger partial charge in [0.05, 0.1) is 6.26 Å². The van der Waals surface area contributed by atoms with Crippen LogP contribution in [0.25, 0.3) is 0 Å². The minimum absolute atomic E-state index is 0.221. The minimum atomic E-state index is 0.221. The third-order valence-corrected chi connectivity index (χ3v) is 3.50. The highest BCUT2D eigenvalue weighted by molar-refractivity contribution is 9.10. The van der Waals surface area contributed by atoms with Crippen LogP contribution in [0.5, 0.6) is 0 Å². The predicted molar refractivity (Wildman–Crippen MR) is 75.5 cm³/mol. The highest BCUT2D eigenvalue weighted by Crippen LogP contribution is 2.26. The van der Waals surface area contributed by atoms with E-state index in [1.165, 1.54) is 5.56 Å². The van der Waals surface area contributed by atoms with Crippen molar-refractivity contribution in [1.82, 2.24) is 10.3 Å². The van der Waals surface area contributed by atoms with Crippen molar-refractivity contribution < 1.29 is 4.42 Å². The van der Waals surface area contributed by atoms with Crippen molar-refractivity contribution >= 4 is 15.9 Å². The van der Waals surface area contributed by atoms with Crippen molar-refractivity contribution in [3.05, 3.63) is 52.1 Å². The quantitative estimate of drug-likeness (QED) is 0.916. The highest BCUT2D eigenvalue weighted by Gasteiger charge is 2.16. The van der Waals surface area contributed by atoms with Gasteiger partial charge in [-0.15, -0.1) is 0 Å². The first-order chi connectivity index (χ1) is 8.70. The van der Waals surface area contributed by atoms with Crippen LogP contribution in [0.4, 0.5) is 0 Å². The van der Waals surface area contributed by atoms with Gasteiger partial charge in [-0.05, 0) is 47.1 Å². The number of furan rings is 1. The summed E-state index contributed by atoms with van der Waals surface area (Å²) in [5, 5.41) is 3.46. The lowest BCUT2D eigenvalue weighted by Crippen LogP contribution is -2.23. The summed E-state index contributed by atoms with van der Waals surface area (Å²) in [6, 6.07) is 6.38. The molecular formula is C14H17BrN2O. The standard InChI is InChI=1S/C14H17BrN2O/c1-3-16-13(12-6-7-18-14(12)15)8-11-5-4-10(2)9-17-11/h4-7,9,13,16H,3,8H2,1-2H3. The molecule has 0 aliphatic heterocycles. The Balaban J connectivity index is 2.16. The molecule has 0 radical (unpaired) electrons. The van der Waals surface area contributed by atoms with Crippen LogP contribution in [0.1, 0.15) is 29.8 Å². The van der Waals surface area contributed by atoms with Crippen molar-refractivity contribution in [3.63, 3.8) is 0 Å². The van der Waals surface area contributed by atoms with E-state index in [4.69, 9.17) is 4.42 Å². The summed E-state index contributed by atoms with van der Waals surface area (Å²) in [5.41, 5.74) is 3.40. The highest BCUT2D eigenvalue weighted by atomic mass is 79.9. The van der Waals surface area contributed by atoms with Gasteiger partial charge in [0, 0.05) is 29.9 Å². The van der Waals surface area contributed by atoms with Gasteiger partial charge in [0.1, 0.15) is 0 Å². The van der Waals surface area contributed by atoms with Crippen molar-refractivity contribution in [1.29, 1.82) is 0 Å². The van der Waals surface area contributed by atoms with Crippen molar-refractivity contribution in [2.75, 3.05) is 6.54 Å². The number of nitrogens with zero attached hydrogens (tertiary/aromatic N) is 1. The lowest BCUT2D eigenvalue weighted by molar-refractivity contribution is 0.504. The van der Waals surface area contributed by atoms with Crippen molar-refractivity contribution in [3.8, 4) is 0 Å². The number of rotatable bonds is 5. The van der Waals surface area contributed by atoms with Crippen LogP contribution in [0, 0.1) is 6.92 Å². The normalized spacial score (nSPS) is 12.6. The number of halogens is 1. The average Bonchev–Trinajstić information content (AvgIpc) is 2.78. The number of pyridine rings is 1. The predicted octanol–water partition coefficient (Wildman–Crippen LogP) is 3.64. The Morgan fingerprint density at radius 3 is 2.78 bits per heavy atom. The first-order valence-electron chi connectivity index (χ1n) is 6.08. The lowest BCUT2D eigenvalue weighted by atomic mass is 10.0. The molecule has 3 nitrogen and oxygen atoms in total. The number of nitrogens with one attached hydrogen (secondary N) is 1. The fourth-order valence-corrected chi connectivity index (χ4v) is 2.44. The summed E-state index contributed by atoms with van der Waals surface area (Å²) >= 11 is 3.43. The van der Waals surface area contributed by atoms with Gasteiger partial charge in [-0.1, -0.05) is 13.0 Å². The third-order valence-electron chi connectivity index (χ3n) is 2.86. The zero-order chi connectivity index (χ0) is 13.0. The van der Waals surface area contributed by atoms with Gasteiger partial charge in [0.15, 0.2) is 4.67 Å². The van der Waals surface area contributed by atoms with Crippen LogP contribution in [0.15, 0.2) is 39.7 Å². The van der Waals surface area contributed by atoms with Gasteiger partial charge < -0.3 is 9.73 Å². The van der Waals surface area contributed by atoms with Gasteiger partial charge in [-0.2, -0.15) is 0 Å². The van der Waals surface area contributed by atoms with Crippen LogP contribution < -0.4 is 5.32 Å². The molecule has 0 saturated heterocycles. The van der Waals surface area contributed by atoms with Crippen LogP contribution in [0.3, 0.4) is 0 Å². The average molecular weight is 309 g/mol. The molecule has 0 aliphatic rings. The largest absolute Gasteiger partial charge is 0.457 e. The number of aromatic nitrogens is 1. The first kappa shape index (κ1) is 13.3. The molecule has 18 heavy (non-hydrogen) atoms. The Bertz CT molecular complexity index is 493. The molecule has 0 aliphatic carbocycles. The van der Waals surface area contributed by atoms with Gasteiger partial charge in [-0.25, -0.2) is 0 Å². The summed E-state index contributed by atoms with van der Waals surface area (Å²) in [7, 11) is 0. The molecule has 0 fully saturated rings. The molecule has 1 N–H and O–H groups in total. The minimum Gasteiger partial charge on any atom is -0.457 e. The summed E-state index contributed by atoms with van der Waals surface area (Å²) in [6.07, 6.45) is 4.46. The third kappa shape index (κ3) is 3.21. The van der Waals surface area contributed by atoms with Gasteiger partial charge in [0.2, 0.25) is 0 Å². The Morgan fingerprint density at radius 1 is 1.39 bits per heavy atom. The number of hydrogen-bond donors (Lipinski definition) is 1. The Kier molecular flexibility index (Phi) is 4.55. The van der Waals surface area contributed by atoms with E-state index in [2.05, 4.69) is 45.3 Å². The monoisotopic (exact) mass is 308 g/mol. The van der Waals surface area contributed by atoms with Crippen molar-refractivity contribution in [2.24, 2.45) is 0 Å². The zero-order valence-corrected chi connectivity index (χ0v) is 12.2. The first-order valence-corrected chi connectivity index (χ1v) is 6.87. The number of likely N-dealkylation sites (N-methyl/N-ethyl adjacent to an activating group) is 1. The molecule has 0 saturated carbocycles. The summed E-state index contributed by atoms with van der Waals surface area (Å²) in [5.74, 6) is 0. The number of hydrogen-bond acceptors (Lipinski definition) is 3. The molecule has 0 spiro atoms. The van der Waals surface area contributed by atoms with E-state index in [-0.39, 0.29) is 6.04 Å². The van der Waals surface area contributed by atoms with Crippen LogP contribution in [-0.2, 0) is 6.42 Å². The van der Waals surface area contributed by atoms with Gasteiger partial charge in [-0.3, -0.25) is 4.98 Å². The molecule has 2 aromatic rings. The fourth-order valence-electron chi connectivity index (χ4n) is 1.92. The molecule has 96 valence electrons. The van der Waals surface area contributed by atoms with E-state index < -0.39 is 0 Å². The van der Waals surface area contributed by atoms with E-state index in [0.717, 1.165) is 28.9 Å². The molecule has 2 rings (SSSR count). The molecule has 0 aromatic carbocycles. The zero-order valence-electron chi connectivity index (χ0n) is 10.6. The van der Waals surface area contributed by atoms with E-state index >= 15 is 0 Å². The van der Waals surface area contributed by atoms with Crippen LogP contribution >= 0.6 is 15.9 Å². The van der Waals surface area contributed by atoms with Crippen molar-refractivity contribution in [2.45, 2.75) is 26.3 Å². The molecule has 2 heterocycles. The van der Waals surface area contributed by atoms with E-state index in [1.54, 1.807) is 6.26 Å². The maximum Gasteiger partial charge on any atom is 0.173 e. The van der Waals surface area contributed by atoms with Gasteiger partial charge >= 0.3 is 0 Å². The summed E-state index contributed by atoms with van der Waals surface area (Å²) < 4.78 is 6.10. The van der Waals surface area contributed by atoms with E-state index in [0.29, 0.717) is 0 Å². The molecule has 0 bridgehead atoms. The van der Waals surface area contributed by atoms with E-state index in [1.807, 2.05) is 19.2 Å². The Morgan fingerprint density at radius 2 is 2.22 bits per heavy atom. The number of aryl methyl sites for hydroxylation is 1. The molecule has 1 unspecified atom stereocenters. The molecule has 1 atom stereocenters. The molecule has 4 heteroatoms.